The lowest BCUT2D eigenvalue weighted by atomic mass is 10.1. The molecule has 0 aliphatic carbocycles. The van der Waals surface area contributed by atoms with E-state index in [0.717, 1.165) is 30.1 Å². The molecular weight excluding hydrogens is 270 g/mol. The fourth-order valence-electron chi connectivity index (χ4n) is 2.40. The maximum absolute atomic E-state index is 10.9. The number of hydrogen-bond acceptors (Lipinski definition) is 5. The van der Waals surface area contributed by atoms with E-state index in [-0.39, 0.29) is 5.91 Å². The molecular formula is C15H21N3O3. The molecule has 2 rings (SSSR count). The van der Waals surface area contributed by atoms with Crippen LogP contribution in [-0.2, 0) is 4.79 Å². The number of anilines is 1. The van der Waals surface area contributed by atoms with E-state index in [1.807, 2.05) is 12.1 Å². The van der Waals surface area contributed by atoms with E-state index in [1.54, 1.807) is 20.4 Å². The molecule has 1 heterocycles. The van der Waals surface area contributed by atoms with Crippen molar-refractivity contribution >= 4 is 17.8 Å². The first-order valence-electron chi connectivity index (χ1n) is 6.96. The van der Waals surface area contributed by atoms with Crippen molar-refractivity contribution in [3.05, 3.63) is 17.7 Å². The zero-order valence-corrected chi connectivity index (χ0v) is 12.7. The lowest BCUT2D eigenvalue weighted by molar-refractivity contribution is -0.118. The first-order valence-corrected chi connectivity index (χ1v) is 6.96. The second kappa shape index (κ2) is 6.97. The fourth-order valence-corrected chi connectivity index (χ4v) is 2.40. The second-order valence-corrected chi connectivity index (χ2v) is 4.89. The molecule has 0 saturated carbocycles. The average molecular weight is 291 g/mol. The first kappa shape index (κ1) is 15.2. The van der Waals surface area contributed by atoms with Gasteiger partial charge in [0.2, 0.25) is 5.91 Å². The number of benzene rings is 1. The highest BCUT2D eigenvalue weighted by molar-refractivity contribution is 5.87. The molecule has 21 heavy (non-hydrogen) atoms. The standard InChI is InChI=1S/C15H21N3O3/c1-11(19)17-16-10-12-8-15(21-3)13(9-14(12)20-2)18-6-4-5-7-18/h8-10H,4-7H2,1-3H3,(H,17,19)/b16-10-. The normalized spacial score (nSPS) is 14.5. The summed E-state index contributed by atoms with van der Waals surface area (Å²) in [5.74, 6) is 1.26. The Kier molecular flexibility index (Phi) is 5.03. The van der Waals surface area contributed by atoms with Gasteiger partial charge in [-0.15, -0.1) is 0 Å². The molecule has 1 fully saturated rings. The zero-order chi connectivity index (χ0) is 15.2. The molecule has 6 nitrogen and oxygen atoms in total. The number of hydrazone groups is 1. The summed E-state index contributed by atoms with van der Waals surface area (Å²) in [7, 11) is 3.27. The number of rotatable bonds is 5. The maximum Gasteiger partial charge on any atom is 0.236 e. The number of hydrogen-bond donors (Lipinski definition) is 1. The molecule has 0 bridgehead atoms. The van der Waals surface area contributed by atoms with E-state index in [0.29, 0.717) is 5.75 Å². The van der Waals surface area contributed by atoms with Gasteiger partial charge in [0, 0.05) is 31.6 Å². The van der Waals surface area contributed by atoms with Gasteiger partial charge in [0.25, 0.3) is 0 Å². The van der Waals surface area contributed by atoms with Crippen molar-refractivity contribution < 1.29 is 14.3 Å². The van der Waals surface area contributed by atoms with Crippen LogP contribution >= 0.6 is 0 Å². The van der Waals surface area contributed by atoms with Gasteiger partial charge in [0.15, 0.2) is 0 Å². The molecule has 0 atom stereocenters. The number of ether oxygens (including phenoxy) is 2. The van der Waals surface area contributed by atoms with E-state index in [2.05, 4.69) is 15.4 Å². The Morgan fingerprint density at radius 3 is 2.48 bits per heavy atom. The fraction of sp³-hybridized carbons (Fsp3) is 0.467. The molecule has 1 aromatic rings. The van der Waals surface area contributed by atoms with Crippen LogP contribution in [0.15, 0.2) is 17.2 Å². The highest BCUT2D eigenvalue weighted by atomic mass is 16.5. The van der Waals surface area contributed by atoms with Crippen LogP contribution in [0.1, 0.15) is 25.3 Å². The van der Waals surface area contributed by atoms with Gasteiger partial charge in [0.05, 0.1) is 26.1 Å². The Labute approximate surface area is 124 Å². The van der Waals surface area contributed by atoms with E-state index in [4.69, 9.17) is 9.47 Å². The zero-order valence-electron chi connectivity index (χ0n) is 12.7. The number of nitrogens with one attached hydrogen (secondary N) is 1. The van der Waals surface area contributed by atoms with Gasteiger partial charge in [-0.2, -0.15) is 5.10 Å². The number of carbonyl (C=O) groups is 1. The third-order valence-corrected chi connectivity index (χ3v) is 3.40. The monoisotopic (exact) mass is 291 g/mol. The van der Waals surface area contributed by atoms with Crippen molar-refractivity contribution in [1.29, 1.82) is 0 Å². The molecule has 0 spiro atoms. The van der Waals surface area contributed by atoms with Crippen LogP contribution in [0.4, 0.5) is 5.69 Å². The van der Waals surface area contributed by atoms with Crippen LogP contribution in [0.25, 0.3) is 0 Å². The van der Waals surface area contributed by atoms with Crippen LogP contribution in [0.3, 0.4) is 0 Å². The molecule has 0 radical (unpaired) electrons. The summed E-state index contributed by atoms with van der Waals surface area (Å²) in [5.41, 5.74) is 4.16. The van der Waals surface area contributed by atoms with Gasteiger partial charge < -0.3 is 14.4 Å². The smallest absolute Gasteiger partial charge is 0.236 e. The van der Waals surface area contributed by atoms with E-state index < -0.39 is 0 Å². The van der Waals surface area contributed by atoms with Crippen molar-refractivity contribution in [2.45, 2.75) is 19.8 Å². The minimum absolute atomic E-state index is 0.217. The number of amides is 1. The SMILES string of the molecule is COc1cc(N2CCCC2)c(OC)cc1/C=N\NC(C)=O. The Morgan fingerprint density at radius 2 is 1.90 bits per heavy atom. The van der Waals surface area contributed by atoms with Gasteiger partial charge in [-0.05, 0) is 18.9 Å². The molecule has 1 N–H and O–H groups in total. The Balaban J connectivity index is 2.33. The van der Waals surface area contributed by atoms with Crippen molar-refractivity contribution in [2.75, 3.05) is 32.2 Å². The molecule has 0 unspecified atom stereocenters. The summed E-state index contributed by atoms with van der Waals surface area (Å²) in [4.78, 5) is 13.1. The Hall–Kier alpha value is -2.24. The van der Waals surface area contributed by atoms with Gasteiger partial charge in [-0.1, -0.05) is 0 Å². The van der Waals surface area contributed by atoms with E-state index >= 15 is 0 Å². The van der Waals surface area contributed by atoms with Crippen LogP contribution in [0, 0.1) is 0 Å². The Bertz CT molecular complexity index is 537. The van der Waals surface area contributed by atoms with Gasteiger partial charge in [0.1, 0.15) is 11.5 Å². The van der Waals surface area contributed by atoms with Gasteiger partial charge in [-0.25, -0.2) is 5.43 Å². The minimum Gasteiger partial charge on any atom is -0.496 e. The predicted molar refractivity (Wildman–Crippen MR) is 82.4 cm³/mol. The number of carbonyl (C=O) groups excluding carboxylic acids is 1. The van der Waals surface area contributed by atoms with Crippen LogP contribution in [0.2, 0.25) is 0 Å². The molecule has 114 valence electrons. The quantitative estimate of drug-likeness (QED) is 0.663. The van der Waals surface area contributed by atoms with Crippen LogP contribution < -0.4 is 19.8 Å². The van der Waals surface area contributed by atoms with Crippen LogP contribution in [-0.4, -0.2) is 39.4 Å². The highest BCUT2D eigenvalue weighted by Crippen LogP contribution is 2.36. The molecule has 1 aliphatic rings. The van der Waals surface area contributed by atoms with Crippen molar-refractivity contribution in [1.82, 2.24) is 5.43 Å². The van der Waals surface area contributed by atoms with E-state index in [9.17, 15) is 4.79 Å². The van der Waals surface area contributed by atoms with Crippen molar-refractivity contribution in [2.24, 2.45) is 5.10 Å². The average Bonchev–Trinajstić information content (AvgIpc) is 3.00. The van der Waals surface area contributed by atoms with E-state index in [1.165, 1.54) is 19.8 Å². The number of nitrogens with zero attached hydrogens (tertiary/aromatic N) is 2. The maximum atomic E-state index is 10.9. The Morgan fingerprint density at radius 1 is 1.24 bits per heavy atom. The summed E-state index contributed by atoms with van der Waals surface area (Å²) in [6.07, 6.45) is 3.94. The summed E-state index contributed by atoms with van der Waals surface area (Å²) in [6, 6.07) is 3.83. The molecule has 6 heteroatoms. The largest absolute Gasteiger partial charge is 0.496 e. The summed E-state index contributed by atoms with van der Waals surface area (Å²) in [6.45, 7) is 3.46. The molecule has 0 aromatic heterocycles. The molecule has 1 amide bonds. The highest BCUT2D eigenvalue weighted by Gasteiger charge is 2.19. The third-order valence-electron chi connectivity index (χ3n) is 3.40. The molecule has 1 saturated heterocycles. The van der Waals surface area contributed by atoms with Crippen molar-refractivity contribution in [3.63, 3.8) is 0 Å². The second-order valence-electron chi connectivity index (χ2n) is 4.89. The first-order chi connectivity index (χ1) is 10.2. The third kappa shape index (κ3) is 3.65. The van der Waals surface area contributed by atoms with Crippen molar-refractivity contribution in [3.8, 4) is 11.5 Å². The summed E-state index contributed by atoms with van der Waals surface area (Å²) < 4.78 is 10.9. The predicted octanol–water partition coefficient (Wildman–Crippen LogP) is 1.77. The minimum atomic E-state index is -0.217. The summed E-state index contributed by atoms with van der Waals surface area (Å²) in [5, 5.41) is 3.88. The number of methoxy groups -OCH3 is 2. The summed E-state index contributed by atoms with van der Waals surface area (Å²) >= 11 is 0. The van der Waals surface area contributed by atoms with Gasteiger partial charge >= 0.3 is 0 Å². The molecule has 1 aromatic carbocycles. The molecule has 1 aliphatic heterocycles. The van der Waals surface area contributed by atoms with Gasteiger partial charge in [-0.3, -0.25) is 4.79 Å². The topological polar surface area (TPSA) is 63.2 Å². The lowest BCUT2D eigenvalue weighted by Gasteiger charge is -2.22. The lowest BCUT2D eigenvalue weighted by Crippen LogP contribution is -2.18. The van der Waals surface area contributed by atoms with Crippen LogP contribution in [0.5, 0.6) is 11.5 Å².